The highest BCUT2D eigenvalue weighted by molar-refractivity contribution is 5.79. The van der Waals surface area contributed by atoms with Crippen LogP contribution in [0.4, 0.5) is 0 Å². The summed E-state index contributed by atoms with van der Waals surface area (Å²) in [5.41, 5.74) is 2.85. The molecule has 1 aliphatic heterocycles. The van der Waals surface area contributed by atoms with Crippen molar-refractivity contribution in [1.82, 2.24) is 9.88 Å². The first-order chi connectivity index (χ1) is 15.1. The number of para-hydroxylation sites is 1. The molecule has 1 aliphatic rings. The average molecular weight is 421 g/mol. The van der Waals surface area contributed by atoms with Gasteiger partial charge in [-0.3, -0.25) is 14.7 Å². The van der Waals surface area contributed by atoms with E-state index < -0.39 is 12.0 Å². The first-order valence-electron chi connectivity index (χ1n) is 10.8. The molecule has 6 nitrogen and oxygen atoms in total. The van der Waals surface area contributed by atoms with Crippen LogP contribution in [-0.4, -0.2) is 47.3 Å². The smallest absolute Gasteiger partial charge is 0.320 e. The SMILES string of the molecule is CCOc1ccc(C(c2cnc3ccccc3c2)N2CCCCC2C(=O)O)cc1OC. The molecule has 0 amide bonds. The van der Waals surface area contributed by atoms with Gasteiger partial charge in [-0.1, -0.05) is 30.7 Å². The molecule has 3 aromatic rings. The van der Waals surface area contributed by atoms with Crippen LogP contribution >= 0.6 is 0 Å². The molecule has 6 heteroatoms. The number of carboxylic acid groups (broad SMARTS) is 1. The number of carbonyl (C=O) groups is 1. The van der Waals surface area contributed by atoms with Crippen molar-refractivity contribution in [2.24, 2.45) is 0 Å². The normalized spacial score (nSPS) is 17.9. The lowest BCUT2D eigenvalue weighted by Gasteiger charge is -2.39. The highest BCUT2D eigenvalue weighted by Gasteiger charge is 2.35. The number of fused-ring (bicyclic) bond motifs is 1. The Morgan fingerprint density at radius 3 is 2.77 bits per heavy atom. The summed E-state index contributed by atoms with van der Waals surface area (Å²) in [4.78, 5) is 18.8. The minimum Gasteiger partial charge on any atom is -0.493 e. The van der Waals surface area contributed by atoms with Crippen molar-refractivity contribution in [3.63, 3.8) is 0 Å². The molecule has 2 heterocycles. The average Bonchev–Trinajstić information content (AvgIpc) is 2.80. The van der Waals surface area contributed by atoms with E-state index in [-0.39, 0.29) is 6.04 Å². The lowest BCUT2D eigenvalue weighted by atomic mass is 9.91. The standard InChI is InChI=1S/C25H28N2O4/c1-3-31-22-12-11-18(15-23(22)30-2)24(27-13-7-6-10-21(27)25(28)29)19-14-17-8-4-5-9-20(17)26-16-19/h4-5,8-9,11-12,14-16,21,24H,3,6-7,10,13H2,1-2H3,(H,28,29). The predicted octanol–water partition coefficient (Wildman–Crippen LogP) is 4.67. The van der Waals surface area contributed by atoms with Crippen molar-refractivity contribution in [2.75, 3.05) is 20.3 Å². The first kappa shape index (κ1) is 21.1. The second kappa shape index (κ2) is 9.35. The molecule has 1 fully saturated rings. The Labute approximate surface area is 182 Å². The van der Waals surface area contributed by atoms with E-state index in [9.17, 15) is 9.90 Å². The van der Waals surface area contributed by atoms with Crippen LogP contribution in [0, 0.1) is 0 Å². The Bertz CT molecular complexity index is 1070. The number of likely N-dealkylation sites (tertiary alicyclic amines) is 1. The molecular weight excluding hydrogens is 392 g/mol. The van der Waals surface area contributed by atoms with Crippen LogP contribution in [-0.2, 0) is 4.79 Å². The quantitative estimate of drug-likeness (QED) is 0.599. The van der Waals surface area contributed by atoms with Crippen molar-refractivity contribution in [1.29, 1.82) is 0 Å². The van der Waals surface area contributed by atoms with Crippen molar-refractivity contribution in [3.05, 3.63) is 65.9 Å². The third kappa shape index (κ3) is 4.35. The molecule has 1 saturated heterocycles. The fourth-order valence-corrected chi connectivity index (χ4v) is 4.47. The van der Waals surface area contributed by atoms with Crippen LogP contribution in [0.15, 0.2) is 54.7 Å². The van der Waals surface area contributed by atoms with Gasteiger partial charge in [-0.05, 0) is 61.7 Å². The number of hydrogen-bond donors (Lipinski definition) is 1. The largest absolute Gasteiger partial charge is 0.493 e. The van der Waals surface area contributed by atoms with E-state index in [1.807, 2.05) is 55.6 Å². The number of pyridine rings is 1. The van der Waals surface area contributed by atoms with Gasteiger partial charge >= 0.3 is 5.97 Å². The topological polar surface area (TPSA) is 71.9 Å². The van der Waals surface area contributed by atoms with Crippen LogP contribution in [0.1, 0.15) is 43.4 Å². The molecule has 0 aliphatic carbocycles. The molecule has 31 heavy (non-hydrogen) atoms. The van der Waals surface area contributed by atoms with Gasteiger partial charge in [-0.2, -0.15) is 0 Å². The maximum Gasteiger partial charge on any atom is 0.320 e. The fraction of sp³-hybridized carbons (Fsp3) is 0.360. The summed E-state index contributed by atoms with van der Waals surface area (Å²) in [7, 11) is 1.62. The van der Waals surface area contributed by atoms with Crippen LogP contribution in [0.5, 0.6) is 11.5 Å². The van der Waals surface area contributed by atoms with Crippen molar-refractivity contribution < 1.29 is 19.4 Å². The van der Waals surface area contributed by atoms with Gasteiger partial charge in [0.1, 0.15) is 6.04 Å². The predicted molar refractivity (Wildman–Crippen MR) is 120 cm³/mol. The zero-order chi connectivity index (χ0) is 21.8. The second-order valence-electron chi connectivity index (χ2n) is 7.79. The molecular formula is C25H28N2O4. The van der Waals surface area contributed by atoms with Gasteiger partial charge in [-0.25, -0.2) is 0 Å². The number of aliphatic carboxylic acids is 1. The van der Waals surface area contributed by atoms with Gasteiger partial charge in [-0.15, -0.1) is 0 Å². The monoisotopic (exact) mass is 420 g/mol. The van der Waals surface area contributed by atoms with Crippen LogP contribution < -0.4 is 9.47 Å². The van der Waals surface area contributed by atoms with Crippen molar-refractivity contribution >= 4 is 16.9 Å². The third-order valence-electron chi connectivity index (χ3n) is 5.89. The van der Waals surface area contributed by atoms with E-state index in [0.717, 1.165) is 34.9 Å². The second-order valence-corrected chi connectivity index (χ2v) is 7.79. The van der Waals surface area contributed by atoms with E-state index in [4.69, 9.17) is 9.47 Å². The zero-order valence-corrected chi connectivity index (χ0v) is 18.0. The van der Waals surface area contributed by atoms with Crippen LogP contribution in [0.25, 0.3) is 10.9 Å². The summed E-state index contributed by atoms with van der Waals surface area (Å²) < 4.78 is 11.3. The van der Waals surface area contributed by atoms with Crippen LogP contribution in [0.2, 0.25) is 0 Å². The highest BCUT2D eigenvalue weighted by Crippen LogP contribution is 2.38. The number of ether oxygens (including phenoxy) is 2. The molecule has 0 spiro atoms. The minimum absolute atomic E-state index is 0.247. The molecule has 2 aromatic carbocycles. The Morgan fingerprint density at radius 2 is 2.00 bits per heavy atom. The molecule has 2 atom stereocenters. The summed E-state index contributed by atoms with van der Waals surface area (Å²) in [5.74, 6) is 0.538. The zero-order valence-electron chi connectivity index (χ0n) is 18.0. The minimum atomic E-state index is -0.781. The summed E-state index contributed by atoms with van der Waals surface area (Å²) in [6, 6.07) is 15.2. The molecule has 4 rings (SSSR count). The maximum atomic E-state index is 12.1. The van der Waals surface area contributed by atoms with E-state index >= 15 is 0 Å². The lowest BCUT2D eigenvalue weighted by Crippen LogP contribution is -2.46. The van der Waals surface area contributed by atoms with Gasteiger partial charge in [0, 0.05) is 11.6 Å². The van der Waals surface area contributed by atoms with Gasteiger partial charge in [0.2, 0.25) is 0 Å². The summed E-state index contributed by atoms with van der Waals surface area (Å²) in [5, 5.41) is 11.0. The Morgan fingerprint density at radius 1 is 1.16 bits per heavy atom. The summed E-state index contributed by atoms with van der Waals surface area (Å²) >= 11 is 0. The number of nitrogens with zero attached hydrogens (tertiary/aromatic N) is 2. The van der Waals surface area contributed by atoms with E-state index in [0.29, 0.717) is 31.1 Å². The molecule has 2 unspecified atom stereocenters. The molecule has 0 bridgehead atoms. The summed E-state index contributed by atoms with van der Waals surface area (Å²) in [6.07, 6.45) is 4.39. The molecule has 1 aromatic heterocycles. The van der Waals surface area contributed by atoms with Gasteiger partial charge in [0.25, 0.3) is 0 Å². The van der Waals surface area contributed by atoms with E-state index in [2.05, 4.69) is 16.0 Å². The fourth-order valence-electron chi connectivity index (χ4n) is 4.47. The molecule has 162 valence electrons. The van der Waals surface area contributed by atoms with E-state index in [1.54, 1.807) is 7.11 Å². The molecule has 0 saturated carbocycles. The lowest BCUT2D eigenvalue weighted by molar-refractivity contribution is -0.145. The number of benzene rings is 2. The van der Waals surface area contributed by atoms with Gasteiger partial charge in [0.15, 0.2) is 11.5 Å². The highest BCUT2D eigenvalue weighted by atomic mass is 16.5. The Kier molecular flexibility index (Phi) is 6.37. The molecule has 0 radical (unpaired) electrons. The number of carboxylic acids is 1. The first-order valence-corrected chi connectivity index (χ1v) is 10.8. The molecule has 1 N–H and O–H groups in total. The van der Waals surface area contributed by atoms with Gasteiger partial charge < -0.3 is 14.6 Å². The maximum absolute atomic E-state index is 12.1. The number of piperidine rings is 1. The number of hydrogen-bond acceptors (Lipinski definition) is 5. The van der Waals surface area contributed by atoms with Crippen molar-refractivity contribution in [3.8, 4) is 11.5 Å². The van der Waals surface area contributed by atoms with E-state index in [1.165, 1.54) is 0 Å². The van der Waals surface area contributed by atoms with Crippen molar-refractivity contribution in [2.45, 2.75) is 38.3 Å². The number of methoxy groups -OCH3 is 1. The third-order valence-corrected chi connectivity index (χ3v) is 5.89. The van der Waals surface area contributed by atoms with Crippen LogP contribution in [0.3, 0.4) is 0 Å². The number of aromatic nitrogens is 1. The summed E-state index contributed by atoms with van der Waals surface area (Å²) in [6.45, 7) is 3.19. The number of rotatable bonds is 7. The Balaban J connectivity index is 1.85. The van der Waals surface area contributed by atoms with Gasteiger partial charge in [0.05, 0.1) is 25.3 Å². The Hall–Kier alpha value is -3.12.